The first-order valence-electron chi connectivity index (χ1n) is 6.91. The monoisotopic (exact) mass is 287 g/mol. The van der Waals surface area contributed by atoms with Gasteiger partial charge < -0.3 is 9.64 Å². The van der Waals surface area contributed by atoms with Crippen molar-refractivity contribution < 1.29 is 4.74 Å². The molecular weight excluding hydrogens is 270 g/mol. The van der Waals surface area contributed by atoms with E-state index in [1.165, 1.54) is 5.56 Å². The zero-order chi connectivity index (χ0) is 13.9. The van der Waals surface area contributed by atoms with Crippen LogP contribution in [0.25, 0.3) is 0 Å². The number of halogens is 1. The largest absolute Gasteiger partial charge is 0.485 e. The fourth-order valence-corrected chi connectivity index (χ4v) is 2.80. The fourth-order valence-electron chi connectivity index (χ4n) is 2.61. The second-order valence-corrected chi connectivity index (χ2v) is 5.73. The summed E-state index contributed by atoms with van der Waals surface area (Å²) in [6.45, 7) is 1.88. The van der Waals surface area contributed by atoms with Gasteiger partial charge in [0.2, 0.25) is 0 Å². The predicted octanol–water partition coefficient (Wildman–Crippen LogP) is 4.30. The molecule has 0 saturated carbocycles. The lowest BCUT2D eigenvalue weighted by Crippen LogP contribution is -2.25. The van der Waals surface area contributed by atoms with Gasteiger partial charge in [0, 0.05) is 30.1 Å². The molecule has 2 aromatic rings. The fraction of sp³-hybridized carbons (Fsp3) is 0.294. The molecule has 0 aromatic heterocycles. The first kappa shape index (κ1) is 13.5. The topological polar surface area (TPSA) is 12.5 Å². The number of benzene rings is 2. The molecule has 0 N–H and O–H groups in total. The Bertz CT molecular complexity index is 585. The maximum absolute atomic E-state index is 6.24. The second kappa shape index (κ2) is 5.86. The molecule has 0 spiro atoms. The summed E-state index contributed by atoms with van der Waals surface area (Å²) in [6, 6.07) is 16.3. The van der Waals surface area contributed by atoms with Crippen molar-refractivity contribution in [3.8, 4) is 5.75 Å². The first-order valence-corrected chi connectivity index (χ1v) is 7.29. The van der Waals surface area contributed by atoms with Crippen molar-refractivity contribution in [1.29, 1.82) is 0 Å². The summed E-state index contributed by atoms with van der Waals surface area (Å²) in [4.78, 5) is 2.31. The molecule has 0 aliphatic carbocycles. The minimum Gasteiger partial charge on any atom is -0.485 e. The Labute approximate surface area is 124 Å². The SMILES string of the molecule is CN1CCC(c2ccccc2)Oc2ccc(Cl)cc2C1. The Kier molecular flexibility index (Phi) is 3.95. The van der Waals surface area contributed by atoms with Crippen LogP contribution in [0.1, 0.15) is 23.7 Å². The molecule has 0 amide bonds. The average molecular weight is 288 g/mol. The van der Waals surface area contributed by atoms with E-state index >= 15 is 0 Å². The summed E-state index contributed by atoms with van der Waals surface area (Å²) in [6.07, 6.45) is 1.08. The van der Waals surface area contributed by atoms with Crippen molar-refractivity contribution in [2.75, 3.05) is 13.6 Å². The number of nitrogens with zero attached hydrogens (tertiary/aromatic N) is 1. The van der Waals surface area contributed by atoms with E-state index in [0.29, 0.717) is 0 Å². The third-order valence-corrected chi connectivity index (χ3v) is 3.91. The van der Waals surface area contributed by atoms with Gasteiger partial charge in [0.05, 0.1) is 0 Å². The van der Waals surface area contributed by atoms with E-state index in [0.717, 1.165) is 35.8 Å². The van der Waals surface area contributed by atoms with Gasteiger partial charge in [-0.15, -0.1) is 0 Å². The molecule has 1 aliphatic rings. The standard InChI is InChI=1S/C17H18ClNO/c1-19-10-9-17(13-5-3-2-4-6-13)20-16-8-7-15(18)11-14(16)12-19/h2-8,11,17H,9-10,12H2,1H3. The van der Waals surface area contributed by atoms with Crippen LogP contribution in [0.5, 0.6) is 5.75 Å². The van der Waals surface area contributed by atoms with Gasteiger partial charge in [-0.05, 0) is 30.8 Å². The second-order valence-electron chi connectivity index (χ2n) is 5.30. The van der Waals surface area contributed by atoms with E-state index in [1.807, 2.05) is 24.3 Å². The molecule has 1 heterocycles. The lowest BCUT2D eigenvalue weighted by atomic mass is 10.0. The molecule has 104 valence electrons. The highest BCUT2D eigenvalue weighted by Gasteiger charge is 2.20. The van der Waals surface area contributed by atoms with Gasteiger partial charge in [-0.25, -0.2) is 0 Å². The van der Waals surface area contributed by atoms with Crippen molar-refractivity contribution in [2.24, 2.45) is 0 Å². The first-order chi connectivity index (χ1) is 9.72. The van der Waals surface area contributed by atoms with Crippen molar-refractivity contribution in [1.82, 2.24) is 4.90 Å². The lowest BCUT2D eigenvalue weighted by Gasteiger charge is -2.28. The number of ether oxygens (including phenoxy) is 1. The van der Waals surface area contributed by atoms with Crippen LogP contribution in [0.4, 0.5) is 0 Å². The van der Waals surface area contributed by atoms with Gasteiger partial charge in [-0.3, -0.25) is 0 Å². The Hall–Kier alpha value is -1.51. The maximum atomic E-state index is 6.24. The summed E-state index contributed by atoms with van der Waals surface area (Å²) in [5, 5.41) is 0.762. The Morgan fingerprint density at radius 3 is 2.75 bits per heavy atom. The molecule has 1 atom stereocenters. The molecule has 0 fully saturated rings. The highest BCUT2D eigenvalue weighted by Crippen LogP contribution is 2.32. The van der Waals surface area contributed by atoms with Crippen LogP contribution < -0.4 is 4.74 Å². The van der Waals surface area contributed by atoms with E-state index in [9.17, 15) is 0 Å². The summed E-state index contributed by atoms with van der Waals surface area (Å²) in [7, 11) is 2.14. The molecule has 2 aromatic carbocycles. The van der Waals surface area contributed by atoms with E-state index in [-0.39, 0.29) is 6.10 Å². The van der Waals surface area contributed by atoms with Crippen molar-refractivity contribution >= 4 is 11.6 Å². The third-order valence-electron chi connectivity index (χ3n) is 3.68. The minimum absolute atomic E-state index is 0.0962. The van der Waals surface area contributed by atoms with Crippen LogP contribution >= 0.6 is 11.6 Å². The van der Waals surface area contributed by atoms with Crippen LogP contribution in [0.3, 0.4) is 0 Å². The van der Waals surface area contributed by atoms with Gasteiger partial charge in [0.25, 0.3) is 0 Å². The van der Waals surface area contributed by atoms with E-state index in [4.69, 9.17) is 16.3 Å². The van der Waals surface area contributed by atoms with Crippen molar-refractivity contribution in [2.45, 2.75) is 19.1 Å². The molecule has 1 unspecified atom stereocenters. The Morgan fingerprint density at radius 2 is 1.95 bits per heavy atom. The molecule has 0 bridgehead atoms. The molecule has 3 heteroatoms. The smallest absolute Gasteiger partial charge is 0.125 e. The Morgan fingerprint density at radius 1 is 1.15 bits per heavy atom. The van der Waals surface area contributed by atoms with Crippen LogP contribution in [0, 0.1) is 0 Å². The summed E-state index contributed by atoms with van der Waals surface area (Å²) in [5.74, 6) is 0.940. The summed E-state index contributed by atoms with van der Waals surface area (Å²) >= 11 is 6.10. The zero-order valence-electron chi connectivity index (χ0n) is 11.6. The molecule has 20 heavy (non-hydrogen) atoms. The van der Waals surface area contributed by atoms with Crippen LogP contribution in [0.2, 0.25) is 5.02 Å². The highest BCUT2D eigenvalue weighted by atomic mass is 35.5. The van der Waals surface area contributed by atoms with E-state index < -0.39 is 0 Å². The predicted molar refractivity (Wildman–Crippen MR) is 82.2 cm³/mol. The quantitative estimate of drug-likeness (QED) is 0.775. The third kappa shape index (κ3) is 2.97. The highest BCUT2D eigenvalue weighted by molar-refractivity contribution is 6.30. The van der Waals surface area contributed by atoms with Crippen molar-refractivity contribution in [3.05, 3.63) is 64.7 Å². The van der Waals surface area contributed by atoms with Gasteiger partial charge in [0.1, 0.15) is 11.9 Å². The molecule has 3 rings (SSSR count). The average Bonchev–Trinajstić information content (AvgIpc) is 2.44. The molecule has 1 aliphatic heterocycles. The Balaban J connectivity index is 1.95. The number of hydrogen-bond donors (Lipinski definition) is 0. The summed E-state index contributed by atoms with van der Waals surface area (Å²) < 4.78 is 6.24. The van der Waals surface area contributed by atoms with Crippen molar-refractivity contribution in [3.63, 3.8) is 0 Å². The maximum Gasteiger partial charge on any atom is 0.125 e. The summed E-state index contributed by atoms with van der Waals surface area (Å²) in [5.41, 5.74) is 2.38. The molecular formula is C17H18ClNO. The molecule has 2 nitrogen and oxygen atoms in total. The number of hydrogen-bond acceptors (Lipinski definition) is 2. The number of rotatable bonds is 1. The molecule has 0 saturated heterocycles. The van der Waals surface area contributed by atoms with Crippen LogP contribution in [0.15, 0.2) is 48.5 Å². The van der Waals surface area contributed by atoms with E-state index in [2.05, 4.69) is 36.2 Å². The number of fused-ring (bicyclic) bond motifs is 1. The zero-order valence-corrected chi connectivity index (χ0v) is 12.3. The normalized spacial score (nSPS) is 19.6. The lowest BCUT2D eigenvalue weighted by molar-refractivity contribution is 0.154. The molecule has 0 radical (unpaired) electrons. The minimum atomic E-state index is 0.0962. The van der Waals surface area contributed by atoms with Crippen LogP contribution in [-0.4, -0.2) is 18.5 Å². The van der Waals surface area contributed by atoms with Crippen LogP contribution in [-0.2, 0) is 6.54 Å². The van der Waals surface area contributed by atoms with Gasteiger partial charge in [-0.2, -0.15) is 0 Å². The van der Waals surface area contributed by atoms with E-state index in [1.54, 1.807) is 0 Å². The van der Waals surface area contributed by atoms with Gasteiger partial charge >= 0.3 is 0 Å². The van der Waals surface area contributed by atoms with Gasteiger partial charge in [0.15, 0.2) is 0 Å². The van der Waals surface area contributed by atoms with Gasteiger partial charge in [-0.1, -0.05) is 41.9 Å².